The van der Waals surface area contributed by atoms with E-state index < -0.39 is 0 Å². The summed E-state index contributed by atoms with van der Waals surface area (Å²) in [4.78, 5) is 0.869. The predicted molar refractivity (Wildman–Crippen MR) is 76.1 cm³/mol. The highest BCUT2D eigenvalue weighted by atomic mass is 35.5. The Labute approximate surface area is 119 Å². The molecule has 1 atom stereocenters. The molecule has 96 valence electrons. The lowest BCUT2D eigenvalue weighted by Gasteiger charge is -2.12. The van der Waals surface area contributed by atoms with Crippen LogP contribution in [-0.2, 0) is 6.42 Å². The molecule has 1 nitrogen and oxygen atoms in total. The van der Waals surface area contributed by atoms with Gasteiger partial charge in [0.05, 0.1) is 5.02 Å². The number of thiophene rings is 1. The van der Waals surface area contributed by atoms with Crippen LogP contribution in [0.15, 0.2) is 23.6 Å². The smallest absolute Gasteiger partial charge is 0.127 e. The van der Waals surface area contributed by atoms with Crippen LogP contribution in [0.25, 0.3) is 0 Å². The van der Waals surface area contributed by atoms with Gasteiger partial charge >= 0.3 is 0 Å². The van der Waals surface area contributed by atoms with Crippen LogP contribution in [0.1, 0.15) is 22.0 Å². The number of rotatable bonds is 3. The van der Waals surface area contributed by atoms with Crippen LogP contribution in [0.3, 0.4) is 0 Å². The Hall–Kier alpha value is -0.610. The molecule has 5 heteroatoms. The Bertz CT molecular complexity index is 548. The molecule has 1 aromatic carbocycles. The number of halogens is 3. The van der Waals surface area contributed by atoms with Crippen molar-refractivity contribution in [3.63, 3.8) is 0 Å². The number of hydrogen-bond acceptors (Lipinski definition) is 2. The Morgan fingerprint density at radius 1 is 1.39 bits per heavy atom. The lowest BCUT2D eigenvalue weighted by atomic mass is 10.0. The van der Waals surface area contributed by atoms with Crippen LogP contribution >= 0.6 is 34.5 Å². The topological polar surface area (TPSA) is 26.0 Å². The molecule has 1 unspecified atom stereocenters. The van der Waals surface area contributed by atoms with Gasteiger partial charge < -0.3 is 5.73 Å². The van der Waals surface area contributed by atoms with E-state index in [0.29, 0.717) is 22.0 Å². The molecule has 0 spiro atoms. The first-order valence-electron chi connectivity index (χ1n) is 5.42. The Morgan fingerprint density at radius 3 is 2.67 bits per heavy atom. The highest BCUT2D eigenvalue weighted by molar-refractivity contribution is 7.10. The summed E-state index contributed by atoms with van der Waals surface area (Å²) in [6.45, 7) is 1.92. The zero-order valence-corrected chi connectivity index (χ0v) is 12.0. The first kappa shape index (κ1) is 13.8. The quantitative estimate of drug-likeness (QED) is 0.870. The zero-order chi connectivity index (χ0) is 13.3. The van der Waals surface area contributed by atoms with Crippen molar-refractivity contribution in [2.24, 2.45) is 5.73 Å². The molecule has 0 radical (unpaired) electrons. The van der Waals surface area contributed by atoms with E-state index >= 15 is 0 Å². The Balaban J connectivity index is 2.27. The van der Waals surface area contributed by atoms with Gasteiger partial charge in [-0.05, 0) is 36.4 Å². The first-order valence-corrected chi connectivity index (χ1v) is 7.06. The molecular formula is C13H12Cl2FNS. The molecule has 2 N–H and O–H groups in total. The summed E-state index contributed by atoms with van der Waals surface area (Å²) in [5, 5.41) is 3.01. The number of nitrogens with two attached hydrogens (primary N) is 1. The summed E-state index contributed by atoms with van der Waals surface area (Å²) >= 11 is 13.6. The molecule has 0 saturated heterocycles. The molecule has 0 saturated carbocycles. The molecule has 1 aromatic heterocycles. The molecule has 0 fully saturated rings. The molecule has 1 heterocycles. The van der Waals surface area contributed by atoms with Crippen LogP contribution in [0.4, 0.5) is 4.39 Å². The average molecular weight is 304 g/mol. The van der Waals surface area contributed by atoms with Crippen LogP contribution < -0.4 is 5.73 Å². The van der Waals surface area contributed by atoms with Gasteiger partial charge in [-0.15, -0.1) is 11.3 Å². The van der Waals surface area contributed by atoms with Crippen LogP contribution in [0.2, 0.25) is 10.0 Å². The molecule has 2 aromatic rings. The second-order valence-electron chi connectivity index (χ2n) is 4.11. The van der Waals surface area contributed by atoms with Crippen molar-refractivity contribution in [2.45, 2.75) is 19.4 Å². The monoisotopic (exact) mass is 303 g/mol. The maximum Gasteiger partial charge on any atom is 0.127 e. The standard InChI is InChI=1S/C13H12Cl2FNS/c1-7-6-18-13(12(7)15)11(17)5-8-9(14)3-2-4-10(8)16/h2-4,6,11H,5,17H2,1H3. The van der Waals surface area contributed by atoms with Crippen molar-refractivity contribution in [2.75, 3.05) is 0 Å². The van der Waals surface area contributed by atoms with Crippen molar-refractivity contribution in [3.05, 3.63) is 55.4 Å². The third-order valence-electron chi connectivity index (χ3n) is 2.75. The van der Waals surface area contributed by atoms with E-state index in [0.717, 1.165) is 10.4 Å². The third-order valence-corrected chi connectivity index (χ3v) is 4.95. The van der Waals surface area contributed by atoms with E-state index in [1.54, 1.807) is 12.1 Å². The highest BCUT2D eigenvalue weighted by Crippen LogP contribution is 2.34. The Kier molecular flexibility index (Phi) is 4.28. The van der Waals surface area contributed by atoms with Gasteiger partial charge in [0.1, 0.15) is 5.82 Å². The fraction of sp³-hybridized carbons (Fsp3) is 0.231. The van der Waals surface area contributed by atoms with Crippen molar-refractivity contribution in [3.8, 4) is 0 Å². The third kappa shape index (κ3) is 2.69. The minimum Gasteiger partial charge on any atom is -0.323 e. The summed E-state index contributed by atoms with van der Waals surface area (Å²) in [6, 6.07) is 4.28. The predicted octanol–water partition coefficient (Wildman–Crippen LogP) is 4.74. The largest absolute Gasteiger partial charge is 0.323 e. The van der Waals surface area contributed by atoms with Crippen molar-refractivity contribution in [1.29, 1.82) is 0 Å². The molecule has 0 aliphatic rings. The van der Waals surface area contributed by atoms with Crippen LogP contribution in [0, 0.1) is 12.7 Å². The molecule has 0 aliphatic heterocycles. The van der Waals surface area contributed by atoms with Crippen molar-refractivity contribution < 1.29 is 4.39 Å². The summed E-state index contributed by atoms with van der Waals surface area (Å²) < 4.78 is 13.7. The fourth-order valence-electron chi connectivity index (χ4n) is 1.74. The minimum atomic E-state index is -0.342. The summed E-state index contributed by atoms with van der Waals surface area (Å²) in [5.41, 5.74) is 7.51. The van der Waals surface area contributed by atoms with E-state index in [9.17, 15) is 4.39 Å². The van der Waals surface area contributed by atoms with E-state index in [1.165, 1.54) is 17.4 Å². The van der Waals surface area contributed by atoms with Crippen molar-refractivity contribution >= 4 is 34.5 Å². The maximum atomic E-state index is 13.7. The fourth-order valence-corrected chi connectivity index (χ4v) is 3.32. The van der Waals surface area contributed by atoms with Gasteiger partial charge in [0.15, 0.2) is 0 Å². The minimum absolute atomic E-state index is 0.331. The number of hydrogen-bond donors (Lipinski definition) is 1. The van der Waals surface area contributed by atoms with E-state index in [-0.39, 0.29) is 11.9 Å². The summed E-state index contributed by atoms with van der Waals surface area (Å²) in [5.74, 6) is -0.331. The second kappa shape index (κ2) is 5.57. The normalized spacial score (nSPS) is 12.7. The van der Waals surface area contributed by atoms with Gasteiger partial charge in [0, 0.05) is 21.5 Å². The van der Waals surface area contributed by atoms with E-state index in [1.807, 2.05) is 12.3 Å². The van der Waals surface area contributed by atoms with Gasteiger partial charge in [-0.2, -0.15) is 0 Å². The molecule has 0 aliphatic carbocycles. The van der Waals surface area contributed by atoms with Gasteiger partial charge in [0.25, 0.3) is 0 Å². The molecular weight excluding hydrogens is 292 g/mol. The van der Waals surface area contributed by atoms with Gasteiger partial charge in [-0.25, -0.2) is 4.39 Å². The van der Waals surface area contributed by atoms with Crippen LogP contribution in [-0.4, -0.2) is 0 Å². The van der Waals surface area contributed by atoms with E-state index in [4.69, 9.17) is 28.9 Å². The first-order chi connectivity index (χ1) is 8.50. The number of aryl methyl sites for hydroxylation is 1. The summed E-state index contributed by atoms with van der Waals surface area (Å²) in [6.07, 6.45) is 0.338. The molecule has 18 heavy (non-hydrogen) atoms. The molecule has 0 amide bonds. The average Bonchev–Trinajstić information content (AvgIpc) is 2.65. The summed E-state index contributed by atoms with van der Waals surface area (Å²) in [7, 11) is 0. The SMILES string of the molecule is Cc1csc(C(N)Cc2c(F)cccc2Cl)c1Cl. The van der Waals surface area contributed by atoms with Gasteiger partial charge in [0.2, 0.25) is 0 Å². The van der Waals surface area contributed by atoms with Gasteiger partial charge in [-0.3, -0.25) is 0 Å². The zero-order valence-electron chi connectivity index (χ0n) is 9.71. The molecule has 0 bridgehead atoms. The number of benzene rings is 1. The Morgan fingerprint density at radius 2 is 2.11 bits per heavy atom. The molecule has 2 rings (SSSR count). The highest BCUT2D eigenvalue weighted by Gasteiger charge is 2.18. The van der Waals surface area contributed by atoms with Crippen LogP contribution in [0.5, 0.6) is 0 Å². The lowest BCUT2D eigenvalue weighted by Crippen LogP contribution is -2.13. The van der Waals surface area contributed by atoms with Gasteiger partial charge in [-0.1, -0.05) is 29.3 Å². The van der Waals surface area contributed by atoms with Crippen molar-refractivity contribution in [1.82, 2.24) is 0 Å². The second-order valence-corrected chi connectivity index (χ2v) is 5.80. The maximum absolute atomic E-state index is 13.7. The van der Waals surface area contributed by atoms with E-state index in [2.05, 4.69) is 0 Å². The lowest BCUT2D eigenvalue weighted by molar-refractivity contribution is 0.595.